The number of aliphatic carboxylic acids is 1. The van der Waals surface area contributed by atoms with Crippen molar-refractivity contribution in [2.75, 3.05) is 12.8 Å². The lowest BCUT2D eigenvalue weighted by Crippen LogP contribution is -2.40. The smallest absolute Gasteiger partial charge is 0.307 e. The third-order valence-corrected chi connectivity index (χ3v) is 3.73. The van der Waals surface area contributed by atoms with Gasteiger partial charge in [0, 0.05) is 34.9 Å². The highest BCUT2D eigenvalue weighted by Crippen LogP contribution is 2.02. The maximum absolute atomic E-state index is 11.0. The van der Waals surface area contributed by atoms with Gasteiger partial charge >= 0.3 is 5.97 Å². The maximum atomic E-state index is 11.0. The van der Waals surface area contributed by atoms with Crippen LogP contribution in [0.5, 0.6) is 0 Å². The Kier molecular flexibility index (Phi) is 5.95. The monoisotopic (exact) mass is 221 g/mol. The molecule has 0 fully saturated rings. The average molecular weight is 221 g/mol. The highest BCUT2D eigenvalue weighted by atomic mass is 32.2. The molecule has 0 aromatic rings. The normalized spacial score (nSPS) is 19.7. The zero-order valence-electron chi connectivity index (χ0n) is 9.11. The fourth-order valence-electron chi connectivity index (χ4n) is 0.860. The molecular weight excluding hydrogens is 202 g/mol. The van der Waals surface area contributed by atoms with E-state index in [2.05, 4.69) is 5.32 Å². The summed E-state index contributed by atoms with van der Waals surface area (Å²) in [6, 6.07) is -0.0986. The molecule has 0 aromatic heterocycles. The van der Waals surface area contributed by atoms with E-state index in [0.29, 0.717) is 6.54 Å². The van der Waals surface area contributed by atoms with E-state index < -0.39 is 22.7 Å². The van der Waals surface area contributed by atoms with Crippen LogP contribution in [0.25, 0.3) is 0 Å². The van der Waals surface area contributed by atoms with E-state index in [4.69, 9.17) is 5.11 Å². The van der Waals surface area contributed by atoms with Gasteiger partial charge in [0.05, 0.1) is 5.92 Å². The fourth-order valence-corrected chi connectivity index (χ4v) is 1.19. The van der Waals surface area contributed by atoms with Crippen molar-refractivity contribution in [3.63, 3.8) is 0 Å². The van der Waals surface area contributed by atoms with Gasteiger partial charge in [0.25, 0.3) is 0 Å². The van der Waals surface area contributed by atoms with Crippen LogP contribution in [0.1, 0.15) is 20.8 Å². The molecule has 2 N–H and O–H groups in total. The predicted molar refractivity (Wildman–Crippen MR) is 57.8 cm³/mol. The molecule has 0 aromatic carbocycles. The van der Waals surface area contributed by atoms with Gasteiger partial charge in [-0.3, -0.25) is 9.00 Å². The van der Waals surface area contributed by atoms with E-state index in [-0.39, 0.29) is 11.3 Å². The van der Waals surface area contributed by atoms with Gasteiger partial charge < -0.3 is 10.4 Å². The summed E-state index contributed by atoms with van der Waals surface area (Å²) in [6.45, 7) is 5.95. The molecule has 0 radical (unpaired) electrons. The molecule has 4 atom stereocenters. The molecule has 84 valence electrons. The van der Waals surface area contributed by atoms with Crippen LogP contribution >= 0.6 is 0 Å². The molecule has 0 saturated carbocycles. The van der Waals surface area contributed by atoms with Crippen LogP contribution in [0.3, 0.4) is 0 Å². The molecule has 0 aliphatic carbocycles. The van der Waals surface area contributed by atoms with Crippen molar-refractivity contribution in [2.45, 2.75) is 32.1 Å². The molecular formula is C9H19NO3S. The summed E-state index contributed by atoms with van der Waals surface area (Å²) in [5.41, 5.74) is 0. The third kappa shape index (κ3) is 4.72. The summed E-state index contributed by atoms with van der Waals surface area (Å²) in [7, 11) is -0.861. The first kappa shape index (κ1) is 13.6. The number of rotatable bonds is 6. The zero-order chi connectivity index (χ0) is 11.3. The Balaban J connectivity index is 3.90. The van der Waals surface area contributed by atoms with Crippen LogP contribution in [0, 0.1) is 5.92 Å². The van der Waals surface area contributed by atoms with Gasteiger partial charge in [0.1, 0.15) is 0 Å². The molecule has 0 bridgehead atoms. The van der Waals surface area contributed by atoms with Crippen molar-refractivity contribution >= 4 is 16.8 Å². The van der Waals surface area contributed by atoms with Crippen LogP contribution in [-0.4, -0.2) is 39.4 Å². The van der Waals surface area contributed by atoms with Crippen LogP contribution in [0.4, 0.5) is 0 Å². The second-order valence-electron chi connectivity index (χ2n) is 3.63. The van der Waals surface area contributed by atoms with Crippen molar-refractivity contribution in [2.24, 2.45) is 5.92 Å². The van der Waals surface area contributed by atoms with Gasteiger partial charge in [-0.15, -0.1) is 0 Å². The molecule has 0 amide bonds. The van der Waals surface area contributed by atoms with Gasteiger partial charge in [0.15, 0.2) is 0 Å². The molecule has 4 unspecified atom stereocenters. The van der Waals surface area contributed by atoms with E-state index in [1.54, 1.807) is 13.2 Å². The van der Waals surface area contributed by atoms with E-state index in [1.165, 1.54) is 0 Å². The van der Waals surface area contributed by atoms with Crippen molar-refractivity contribution < 1.29 is 14.1 Å². The van der Waals surface area contributed by atoms with Crippen LogP contribution in [-0.2, 0) is 15.6 Å². The summed E-state index contributed by atoms with van der Waals surface area (Å²) in [4.78, 5) is 10.6. The minimum Gasteiger partial charge on any atom is -0.481 e. The molecule has 5 heteroatoms. The lowest BCUT2D eigenvalue weighted by atomic mass is 10.0. The molecule has 4 nitrogen and oxygen atoms in total. The Bertz CT molecular complexity index is 220. The molecule has 14 heavy (non-hydrogen) atoms. The fraction of sp³-hybridized carbons (Fsp3) is 0.889. The number of carboxylic acids is 1. The molecule has 0 rings (SSSR count). The average Bonchev–Trinajstić information content (AvgIpc) is 2.11. The Morgan fingerprint density at radius 2 is 1.93 bits per heavy atom. The number of hydrogen-bond acceptors (Lipinski definition) is 3. The topological polar surface area (TPSA) is 66.4 Å². The molecule has 0 saturated heterocycles. The molecule has 0 aliphatic rings. The first-order valence-electron chi connectivity index (χ1n) is 4.64. The van der Waals surface area contributed by atoms with E-state index in [0.717, 1.165) is 0 Å². The molecule has 0 aliphatic heterocycles. The van der Waals surface area contributed by atoms with Crippen molar-refractivity contribution in [1.82, 2.24) is 5.32 Å². The Morgan fingerprint density at radius 1 is 1.43 bits per heavy atom. The second-order valence-corrected chi connectivity index (χ2v) is 5.43. The Hall–Kier alpha value is -0.420. The Morgan fingerprint density at radius 3 is 2.29 bits per heavy atom. The van der Waals surface area contributed by atoms with Crippen LogP contribution < -0.4 is 5.32 Å². The first-order chi connectivity index (χ1) is 6.36. The number of carbonyl (C=O) groups is 1. The van der Waals surface area contributed by atoms with Crippen molar-refractivity contribution in [3.8, 4) is 0 Å². The third-order valence-electron chi connectivity index (χ3n) is 2.43. The number of nitrogens with one attached hydrogen (secondary N) is 1. The lowest BCUT2D eigenvalue weighted by molar-refractivity contribution is -0.141. The van der Waals surface area contributed by atoms with E-state index in [1.807, 2.05) is 13.8 Å². The Labute approximate surface area is 87.5 Å². The predicted octanol–water partition coefficient (Wildman–Crippen LogP) is 0.452. The van der Waals surface area contributed by atoms with Crippen LogP contribution in [0.15, 0.2) is 0 Å². The SMILES string of the molecule is CC(NCC(C)S(C)=O)C(C)C(=O)O. The quantitative estimate of drug-likeness (QED) is 0.683. The molecule has 0 spiro atoms. The highest BCUT2D eigenvalue weighted by Gasteiger charge is 2.19. The van der Waals surface area contributed by atoms with Gasteiger partial charge in [0.2, 0.25) is 0 Å². The second kappa shape index (κ2) is 6.14. The summed E-state index contributed by atoms with van der Waals surface area (Å²) in [6.07, 6.45) is 1.65. The van der Waals surface area contributed by atoms with E-state index >= 15 is 0 Å². The van der Waals surface area contributed by atoms with Crippen molar-refractivity contribution in [1.29, 1.82) is 0 Å². The lowest BCUT2D eigenvalue weighted by Gasteiger charge is -2.19. The largest absolute Gasteiger partial charge is 0.481 e. The summed E-state index contributed by atoms with van der Waals surface area (Å²) in [5, 5.41) is 11.9. The highest BCUT2D eigenvalue weighted by molar-refractivity contribution is 7.84. The van der Waals surface area contributed by atoms with Gasteiger partial charge in [-0.2, -0.15) is 0 Å². The zero-order valence-corrected chi connectivity index (χ0v) is 9.93. The number of carboxylic acid groups (broad SMARTS) is 1. The minimum absolute atomic E-state index is 0.0541. The van der Waals surface area contributed by atoms with Crippen molar-refractivity contribution in [3.05, 3.63) is 0 Å². The van der Waals surface area contributed by atoms with Gasteiger partial charge in [-0.05, 0) is 13.8 Å². The standard InChI is InChI=1S/C9H19NO3S/c1-6(14(4)13)5-10-8(3)7(2)9(11)12/h6-8,10H,5H2,1-4H3,(H,11,12). The molecule has 0 heterocycles. The maximum Gasteiger partial charge on any atom is 0.307 e. The number of hydrogen-bond donors (Lipinski definition) is 2. The van der Waals surface area contributed by atoms with Gasteiger partial charge in [-0.25, -0.2) is 0 Å². The van der Waals surface area contributed by atoms with Crippen LogP contribution in [0.2, 0.25) is 0 Å². The summed E-state index contributed by atoms with van der Waals surface area (Å²) >= 11 is 0. The summed E-state index contributed by atoms with van der Waals surface area (Å²) in [5.74, 6) is -1.23. The van der Waals surface area contributed by atoms with Gasteiger partial charge in [-0.1, -0.05) is 6.92 Å². The first-order valence-corrected chi connectivity index (χ1v) is 6.26. The minimum atomic E-state index is -0.861. The summed E-state index contributed by atoms with van der Waals surface area (Å²) < 4.78 is 11.0. The van der Waals surface area contributed by atoms with E-state index in [9.17, 15) is 9.00 Å².